The Balaban J connectivity index is 1.78. The smallest absolute Gasteiger partial charge is 0.257 e. The fourth-order valence-electron chi connectivity index (χ4n) is 4.11. The van der Waals surface area contributed by atoms with Crippen LogP contribution in [0.25, 0.3) is 0 Å². The van der Waals surface area contributed by atoms with Crippen molar-refractivity contribution in [1.29, 1.82) is 0 Å². The van der Waals surface area contributed by atoms with Crippen molar-refractivity contribution in [2.24, 2.45) is 0 Å². The monoisotopic (exact) mass is 358 g/mol. The normalized spacial score (nSPS) is 26.1. The Hall–Kier alpha value is -1.88. The number of aliphatic hydroxyl groups is 1. The topological polar surface area (TPSA) is 69.6 Å². The van der Waals surface area contributed by atoms with E-state index in [9.17, 15) is 14.7 Å². The van der Waals surface area contributed by atoms with Gasteiger partial charge >= 0.3 is 0 Å². The fraction of sp³-hybridized carbons (Fsp3) is 0.619. The van der Waals surface area contributed by atoms with Gasteiger partial charge in [0.1, 0.15) is 6.54 Å². The molecule has 0 bridgehead atoms. The van der Waals surface area contributed by atoms with Gasteiger partial charge in [-0.05, 0) is 25.3 Å². The van der Waals surface area contributed by atoms with Crippen LogP contribution in [-0.2, 0) is 10.5 Å². The summed E-state index contributed by atoms with van der Waals surface area (Å²) in [6.07, 6.45) is 10.6. The number of carbonyl (C=O) groups is 2. The number of carbonyl (C=O) groups excluding carboxylic acids is 2. The van der Waals surface area contributed by atoms with E-state index in [0.717, 1.165) is 32.1 Å². The molecule has 2 aliphatic heterocycles. The first-order valence-corrected chi connectivity index (χ1v) is 10.0. The molecule has 1 fully saturated rings. The van der Waals surface area contributed by atoms with Gasteiger partial charge in [-0.25, -0.2) is 0 Å². The van der Waals surface area contributed by atoms with Crippen LogP contribution in [0.1, 0.15) is 80.1 Å². The summed E-state index contributed by atoms with van der Waals surface area (Å²) < 4.78 is 0. The fourth-order valence-corrected chi connectivity index (χ4v) is 4.11. The predicted octanol–water partition coefficient (Wildman–Crippen LogP) is 3.32. The summed E-state index contributed by atoms with van der Waals surface area (Å²) in [6.45, 7) is 0.538. The van der Waals surface area contributed by atoms with Crippen molar-refractivity contribution in [2.75, 3.05) is 13.1 Å². The second-order valence-corrected chi connectivity index (χ2v) is 7.54. The van der Waals surface area contributed by atoms with Crippen LogP contribution in [0.4, 0.5) is 0 Å². The minimum atomic E-state index is -1.37. The second-order valence-electron chi connectivity index (χ2n) is 7.54. The van der Waals surface area contributed by atoms with Crippen LogP contribution in [0.3, 0.4) is 0 Å². The van der Waals surface area contributed by atoms with Crippen LogP contribution in [0, 0.1) is 0 Å². The Bertz CT molecular complexity index is 646. The lowest BCUT2D eigenvalue weighted by atomic mass is 9.95. The third-order valence-electron chi connectivity index (χ3n) is 5.61. The summed E-state index contributed by atoms with van der Waals surface area (Å²) in [7, 11) is 0. The van der Waals surface area contributed by atoms with E-state index in [0.29, 0.717) is 24.1 Å². The largest absolute Gasteiger partial charge is 0.367 e. The number of amides is 2. The van der Waals surface area contributed by atoms with Crippen molar-refractivity contribution in [2.45, 2.75) is 69.9 Å². The van der Waals surface area contributed by atoms with Crippen LogP contribution < -0.4 is 5.32 Å². The van der Waals surface area contributed by atoms with E-state index in [1.165, 1.54) is 30.6 Å². The van der Waals surface area contributed by atoms with Crippen molar-refractivity contribution in [1.82, 2.24) is 10.2 Å². The molecule has 0 radical (unpaired) electrons. The predicted molar refractivity (Wildman–Crippen MR) is 101 cm³/mol. The molecular weight excluding hydrogens is 328 g/mol. The average molecular weight is 358 g/mol. The lowest BCUT2D eigenvalue weighted by Crippen LogP contribution is -2.48. The summed E-state index contributed by atoms with van der Waals surface area (Å²) in [5.41, 5.74) is -0.220. The summed E-state index contributed by atoms with van der Waals surface area (Å²) in [4.78, 5) is 26.5. The van der Waals surface area contributed by atoms with Crippen LogP contribution in [0.15, 0.2) is 24.3 Å². The van der Waals surface area contributed by atoms with E-state index in [1.54, 1.807) is 12.1 Å². The maximum atomic E-state index is 12.8. The Morgan fingerprint density at radius 1 is 0.885 bits per heavy atom. The third kappa shape index (κ3) is 4.09. The van der Waals surface area contributed by atoms with Crippen LogP contribution in [-0.4, -0.2) is 34.9 Å². The summed E-state index contributed by atoms with van der Waals surface area (Å²) in [6, 6.07) is 7.19. The highest BCUT2D eigenvalue weighted by molar-refractivity contribution is 6.01. The molecule has 2 amide bonds. The maximum Gasteiger partial charge on any atom is 0.257 e. The Morgan fingerprint density at radius 2 is 1.50 bits per heavy atom. The molecule has 1 unspecified atom stereocenters. The van der Waals surface area contributed by atoms with Gasteiger partial charge in [-0.1, -0.05) is 63.1 Å². The van der Waals surface area contributed by atoms with Gasteiger partial charge in [-0.3, -0.25) is 14.5 Å². The number of fused-ring (bicyclic) bond motifs is 3. The van der Waals surface area contributed by atoms with Crippen molar-refractivity contribution in [3.8, 4) is 0 Å². The SMILES string of the molecule is O=C1CN2C(=O)c3ccccc3C2(O)CCCCCCCCCCCN1. The molecule has 1 atom stereocenters. The summed E-state index contributed by atoms with van der Waals surface area (Å²) in [5.74, 6) is -0.448. The molecule has 142 valence electrons. The minimum Gasteiger partial charge on any atom is -0.367 e. The third-order valence-corrected chi connectivity index (χ3v) is 5.61. The Morgan fingerprint density at radius 3 is 2.23 bits per heavy atom. The molecule has 1 aromatic rings. The molecule has 1 aromatic carbocycles. The first-order valence-electron chi connectivity index (χ1n) is 10.0. The quantitative estimate of drug-likeness (QED) is 0.747. The molecule has 0 aliphatic carbocycles. The molecule has 2 heterocycles. The number of hydrogen-bond acceptors (Lipinski definition) is 3. The average Bonchev–Trinajstić information content (AvgIpc) is 2.84. The highest BCUT2D eigenvalue weighted by atomic mass is 16.3. The minimum absolute atomic E-state index is 0.0932. The summed E-state index contributed by atoms with van der Waals surface area (Å²) in [5, 5.41) is 14.3. The van der Waals surface area contributed by atoms with Gasteiger partial charge in [-0.15, -0.1) is 0 Å². The van der Waals surface area contributed by atoms with Gasteiger partial charge in [0.05, 0.1) is 0 Å². The molecule has 2 aliphatic rings. The zero-order chi connectivity index (χ0) is 18.4. The first kappa shape index (κ1) is 18.9. The van der Waals surface area contributed by atoms with E-state index in [-0.39, 0.29) is 18.4 Å². The van der Waals surface area contributed by atoms with E-state index < -0.39 is 5.72 Å². The molecule has 0 spiro atoms. The number of nitrogens with zero attached hydrogens (tertiary/aromatic N) is 1. The number of nitrogens with one attached hydrogen (secondary N) is 1. The molecule has 1 saturated heterocycles. The number of benzene rings is 1. The number of hydrogen-bond donors (Lipinski definition) is 2. The number of rotatable bonds is 0. The zero-order valence-electron chi connectivity index (χ0n) is 15.5. The molecule has 26 heavy (non-hydrogen) atoms. The van der Waals surface area contributed by atoms with Gasteiger partial charge in [0.2, 0.25) is 5.91 Å². The standard InChI is InChI=1S/C21H30N2O3/c24-19-16-23-20(25)17-12-8-9-13-18(17)21(23,26)14-10-6-4-2-1-3-5-7-11-15-22-19/h8-9,12-13,26H,1-7,10-11,14-16H2,(H,22,24). The van der Waals surface area contributed by atoms with Crippen LogP contribution in [0.5, 0.6) is 0 Å². The van der Waals surface area contributed by atoms with Crippen molar-refractivity contribution >= 4 is 11.8 Å². The molecule has 2 N–H and O–H groups in total. The first-order chi connectivity index (χ1) is 12.6. The van der Waals surface area contributed by atoms with Gasteiger partial charge in [0.25, 0.3) is 5.91 Å². The van der Waals surface area contributed by atoms with Gasteiger partial charge in [0.15, 0.2) is 5.72 Å². The maximum absolute atomic E-state index is 12.8. The lowest BCUT2D eigenvalue weighted by Gasteiger charge is -2.34. The molecule has 0 aromatic heterocycles. The van der Waals surface area contributed by atoms with E-state index >= 15 is 0 Å². The highest BCUT2D eigenvalue weighted by Gasteiger charge is 2.48. The summed E-state index contributed by atoms with van der Waals surface area (Å²) >= 11 is 0. The second kappa shape index (κ2) is 8.67. The molecule has 3 rings (SSSR count). The molecule has 0 saturated carbocycles. The lowest BCUT2D eigenvalue weighted by molar-refractivity contribution is -0.132. The van der Waals surface area contributed by atoms with E-state index in [1.807, 2.05) is 12.1 Å². The molecule has 5 heteroatoms. The van der Waals surface area contributed by atoms with E-state index in [4.69, 9.17) is 0 Å². The zero-order valence-corrected chi connectivity index (χ0v) is 15.5. The van der Waals surface area contributed by atoms with E-state index in [2.05, 4.69) is 5.32 Å². The van der Waals surface area contributed by atoms with Crippen molar-refractivity contribution in [3.63, 3.8) is 0 Å². The Labute approximate surface area is 155 Å². The van der Waals surface area contributed by atoms with Crippen LogP contribution >= 0.6 is 0 Å². The van der Waals surface area contributed by atoms with Gasteiger partial charge in [0, 0.05) is 17.7 Å². The molecular formula is C21H30N2O3. The van der Waals surface area contributed by atoms with Crippen molar-refractivity contribution in [3.05, 3.63) is 35.4 Å². The molecule has 5 nitrogen and oxygen atoms in total. The van der Waals surface area contributed by atoms with Gasteiger partial charge < -0.3 is 10.4 Å². The Kier molecular flexibility index (Phi) is 6.30. The van der Waals surface area contributed by atoms with Gasteiger partial charge in [-0.2, -0.15) is 0 Å². The highest BCUT2D eigenvalue weighted by Crippen LogP contribution is 2.40. The van der Waals surface area contributed by atoms with Crippen LogP contribution in [0.2, 0.25) is 0 Å². The van der Waals surface area contributed by atoms with Crippen molar-refractivity contribution < 1.29 is 14.7 Å².